The molecule has 0 unspecified atom stereocenters. The van der Waals surface area contributed by atoms with E-state index in [1.165, 1.54) is 36.2 Å². The largest absolute Gasteiger partial charge is 0.508 e. The van der Waals surface area contributed by atoms with E-state index in [1.807, 2.05) is 0 Å². The van der Waals surface area contributed by atoms with Gasteiger partial charge in [0.05, 0.1) is 11.2 Å². The van der Waals surface area contributed by atoms with Crippen molar-refractivity contribution >= 4 is 34.1 Å². The Morgan fingerprint density at radius 1 is 1.14 bits per heavy atom. The van der Waals surface area contributed by atoms with Crippen LogP contribution in [0, 0.1) is 0 Å². The summed E-state index contributed by atoms with van der Waals surface area (Å²) >= 11 is 0. The third-order valence-electron chi connectivity index (χ3n) is 4.24. The van der Waals surface area contributed by atoms with Gasteiger partial charge in [0, 0.05) is 18.1 Å². The number of nitrogens with one attached hydrogen (secondary N) is 2. The number of aromatic amines is 1. The number of rotatable bonds is 4. The second kappa shape index (κ2) is 7.79. The van der Waals surface area contributed by atoms with Crippen LogP contribution >= 0.6 is 0 Å². The number of hydrogen-bond donors (Lipinski definition) is 3. The fraction of sp³-hybridized carbons (Fsp3) is 0.0952. The quantitative estimate of drug-likeness (QED) is 0.608. The molecule has 1 heterocycles. The summed E-state index contributed by atoms with van der Waals surface area (Å²) < 4.78 is 0. The van der Waals surface area contributed by atoms with Crippen LogP contribution in [0.2, 0.25) is 0 Å². The maximum absolute atomic E-state index is 12.9. The van der Waals surface area contributed by atoms with Gasteiger partial charge in [-0.2, -0.15) is 0 Å². The molecular formula is C21H19N3O4. The van der Waals surface area contributed by atoms with Crippen LogP contribution in [0.25, 0.3) is 10.9 Å². The predicted octanol–water partition coefficient (Wildman–Crippen LogP) is 3.02. The van der Waals surface area contributed by atoms with E-state index in [4.69, 9.17) is 0 Å². The van der Waals surface area contributed by atoms with E-state index in [2.05, 4.69) is 10.3 Å². The molecule has 142 valence electrons. The molecule has 0 bridgehead atoms. The van der Waals surface area contributed by atoms with Gasteiger partial charge in [0.25, 0.3) is 11.5 Å². The van der Waals surface area contributed by atoms with Crippen LogP contribution in [0.5, 0.6) is 5.75 Å². The normalized spacial score (nSPS) is 10.9. The van der Waals surface area contributed by atoms with E-state index in [-0.39, 0.29) is 17.2 Å². The zero-order chi connectivity index (χ0) is 20.3. The van der Waals surface area contributed by atoms with E-state index >= 15 is 0 Å². The molecule has 0 aliphatic rings. The van der Waals surface area contributed by atoms with Gasteiger partial charge in [-0.1, -0.05) is 12.1 Å². The van der Waals surface area contributed by atoms with Crippen LogP contribution in [0.1, 0.15) is 17.3 Å². The van der Waals surface area contributed by atoms with Gasteiger partial charge < -0.3 is 20.3 Å². The van der Waals surface area contributed by atoms with Crippen molar-refractivity contribution in [2.45, 2.75) is 6.92 Å². The maximum Gasteiger partial charge on any atom is 0.263 e. The van der Waals surface area contributed by atoms with Gasteiger partial charge in [-0.05, 0) is 55.5 Å². The number of phenols is 1. The van der Waals surface area contributed by atoms with E-state index in [9.17, 15) is 19.5 Å². The Hall–Kier alpha value is -3.87. The minimum atomic E-state index is -0.528. The van der Waals surface area contributed by atoms with Gasteiger partial charge in [0.1, 0.15) is 11.3 Å². The molecule has 0 atom stereocenters. The molecule has 0 aliphatic carbocycles. The van der Waals surface area contributed by atoms with Crippen molar-refractivity contribution in [1.82, 2.24) is 4.98 Å². The fourth-order valence-corrected chi connectivity index (χ4v) is 2.80. The number of allylic oxidation sites excluding steroid dienone is 1. The Morgan fingerprint density at radius 3 is 2.54 bits per heavy atom. The molecule has 0 radical (unpaired) electrons. The first-order valence-electron chi connectivity index (χ1n) is 8.57. The van der Waals surface area contributed by atoms with E-state index < -0.39 is 11.5 Å². The van der Waals surface area contributed by atoms with Gasteiger partial charge in [0.2, 0.25) is 5.91 Å². The summed E-state index contributed by atoms with van der Waals surface area (Å²) in [4.78, 5) is 41.2. The molecule has 0 saturated carbocycles. The Kier molecular flexibility index (Phi) is 5.26. The number of aromatic hydroxyl groups is 1. The fourth-order valence-electron chi connectivity index (χ4n) is 2.80. The maximum atomic E-state index is 12.9. The Labute approximate surface area is 160 Å². The average molecular weight is 377 g/mol. The Bertz CT molecular complexity index is 1130. The first-order valence-corrected chi connectivity index (χ1v) is 8.57. The zero-order valence-corrected chi connectivity index (χ0v) is 15.4. The minimum absolute atomic E-state index is 0.0594. The van der Waals surface area contributed by atoms with Gasteiger partial charge in [-0.15, -0.1) is 0 Å². The lowest BCUT2D eigenvalue weighted by molar-refractivity contribution is -0.111. The highest BCUT2D eigenvalue weighted by Crippen LogP contribution is 2.23. The number of pyridine rings is 1. The number of benzene rings is 2. The van der Waals surface area contributed by atoms with Gasteiger partial charge in [0.15, 0.2) is 0 Å². The molecule has 0 aliphatic heterocycles. The van der Waals surface area contributed by atoms with Crippen molar-refractivity contribution in [3.05, 3.63) is 76.6 Å². The zero-order valence-electron chi connectivity index (χ0n) is 15.4. The number of phenolic OH excluding ortho intramolecular Hbond substituents is 1. The van der Waals surface area contributed by atoms with E-state index in [1.54, 1.807) is 43.3 Å². The molecule has 7 nitrogen and oxygen atoms in total. The monoisotopic (exact) mass is 377 g/mol. The first-order chi connectivity index (χ1) is 13.4. The number of carbonyl (C=O) groups is 2. The van der Waals surface area contributed by atoms with Crippen molar-refractivity contribution in [2.24, 2.45) is 0 Å². The molecule has 2 amide bonds. The molecule has 3 N–H and O–H groups in total. The number of carbonyl (C=O) groups excluding carboxylic acids is 2. The molecule has 2 aromatic carbocycles. The molecule has 3 rings (SSSR count). The highest BCUT2D eigenvalue weighted by atomic mass is 16.3. The smallest absolute Gasteiger partial charge is 0.263 e. The third-order valence-corrected chi connectivity index (χ3v) is 4.24. The number of nitrogens with zero attached hydrogens (tertiary/aromatic N) is 1. The van der Waals surface area contributed by atoms with Crippen molar-refractivity contribution in [1.29, 1.82) is 0 Å². The topological polar surface area (TPSA) is 102 Å². The standard InChI is InChI=1S/C21H19N3O4/c1-3-5-19(26)22-17-6-4-7-18-15(17)12-16(20(27)23-18)21(28)24(2)13-8-10-14(25)11-9-13/h3-12,25H,1-2H3,(H,22,26)(H,23,27)/b5-3+. The van der Waals surface area contributed by atoms with E-state index in [0.717, 1.165) is 0 Å². The van der Waals surface area contributed by atoms with Crippen LogP contribution in [-0.2, 0) is 4.79 Å². The van der Waals surface area contributed by atoms with Gasteiger partial charge in [-0.25, -0.2) is 0 Å². The Balaban J connectivity index is 2.04. The number of fused-ring (bicyclic) bond motifs is 1. The summed E-state index contributed by atoms with van der Waals surface area (Å²) in [6.07, 6.45) is 3.00. The molecule has 0 fully saturated rings. The number of H-pyrrole nitrogens is 1. The summed E-state index contributed by atoms with van der Waals surface area (Å²) in [5.74, 6) is -0.742. The number of anilines is 2. The SMILES string of the molecule is C/C=C/C(=O)Nc1cccc2[nH]c(=O)c(C(=O)N(C)c3ccc(O)cc3)cc12. The third kappa shape index (κ3) is 3.78. The van der Waals surface area contributed by atoms with Crippen molar-refractivity contribution in [3.8, 4) is 5.75 Å². The lowest BCUT2D eigenvalue weighted by Gasteiger charge is -2.17. The highest BCUT2D eigenvalue weighted by Gasteiger charge is 2.19. The van der Waals surface area contributed by atoms with Crippen LogP contribution < -0.4 is 15.8 Å². The van der Waals surface area contributed by atoms with Crippen molar-refractivity contribution in [3.63, 3.8) is 0 Å². The summed E-state index contributed by atoms with van der Waals surface area (Å²) in [6, 6.07) is 12.6. The molecule has 28 heavy (non-hydrogen) atoms. The summed E-state index contributed by atoms with van der Waals surface area (Å²) in [6.45, 7) is 1.73. The van der Waals surface area contributed by atoms with Gasteiger partial charge >= 0.3 is 0 Å². The number of amides is 2. The molecule has 0 saturated heterocycles. The van der Waals surface area contributed by atoms with E-state index in [0.29, 0.717) is 22.3 Å². The summed E-state index contributed by atoms with van der Waals surface area (Å²) in [5.41, 5.74) is 0.929. The van der Waals surface area contributed by atoms with Crippen LogP contribution in [0.4, 0.5) is 11.4 Å². The van der Waals surface area contributed by atoms with Crippen LogP contribution in [-0.4, -0.2) is 29.0 Å². The summed E-state index contributed by atoms with van der Waals surface area (Å²) in [7, 11) is 1.54. The minimum Gasteiger partial charge on any atom is -0.508 e. The number of aromatic nitrogens is 1. The highest BCUT2D eigenvalue weighted by molar-refractivity contribution is 6.10. The van der Waals surface area contributed by atoms with Crippen LogP contribution in [0.3, 0.4) is 0 Å². The summed E-state index contributed by atoms with van der Waals surface area (Å²) in [5, 5.41) is 12.7. The lowest BCUT2D eigenvalue weighted by Crippen LogP contribution is -2.31. The molecule has 7 heteroatoms. The van der Waals surface area contributed by atoms with Crippen molar-refractivity contribution in [2.75, 3.05) is 17.3 Å². The lowest BCUT2D eigenvalue weighted by atomic mass is 10.1. The second-order valence-corrected chi connectivity index (χ2v) is 6.15. The molecule has 1 aromatic heterocycles. The van der Waals surface area contributed by atoms with Gasteiger partial charge in [-0.3, -0.25) is 14.4 Å². The molecule has 3 aromatic rings. The van der Waals surface area contributed by atoms with Crippen molar-refractivity contribution < 1.29 is 14.7 Å². The Morgan fingerprint density at radius 2 is 1.86 bits per heavy atom. The number of hydrogen-bond acceptors (Lipinski definition) is 4. The molecule has 0 spiro atoms. The first kappa shape index (κ1) is 18.9. The van der Waals surface area contributed by atoms with Crippen LogP contribution in [0.15, 0.2) is 65.5 Å². The second-order valence-electron chi connectivity index (χ2n) is 6.15. The molecular weight excluding hydrogens is 358 g/mol. The average Bonchev–Trinajstić information content (AvgIpc) is 2.67. The predicted molar refractivity (Wildman–Crippen MR) is 109 cm³/mol.